The van der Waals surface area contributed by atoms with Crippen LogP contribution >= 0.6 is 0 Å². The highest BCUT2D eigenvalue weighted by molar-refractivity contribution is 6.17. The van der Waals surface area contributed by atoms with Crippen LogP contribution in [-0.4, -0.2) is 72.1 Å². The zero-order valence-corrected chi connectivity index (χ0v) is 15.7. The highest BCUT2D eigenvalue weighted by Gasteiger charge is 2.27. The predicted octanol–water partition coefficient (Wildman–Crippen LogP) is 1.28. The van der Waals surface area contributed by atoms with Crippen molar-refractivity contribution >= 4 is 29.4 Å². The Balaban J connectivity index is 1.54. The molecule has 0 unspecified atom stereocenters. The lowest BCUT2D eigenvalue weighted by atomic mass is 10.1. The van der Waals surface area contributed by atoms with Gasteiger partial charge < -0.3 is 24.3 Å². The third kappa shape index (κ3) is 3.89. The maximum atomic E-state index is 13.8. The number of rotatable bonds is 3. The van der Waals surface area contributed by atoms with Gasteiger partial charge in [-0.1, -0.05) is 5.10 Å². The monoisotopic (exact) mass is 402 g/mol. The molecule has 1 N–H and O–H groups in total. The van der Waals surface area contributed by atoms with Crippen molar-refractivity contribution in [2.24, 2.45) is 4.99 Å². The number of benzene rings is 1. The van der Waals surface area contributed by atoms with Crippen LogP contribution in [0.5, 0.6) is 0 Å². The van der Waals surface area contributed by atoms with E-state index >= 15 is 0 Å². The molecule has 11 heteroatoms. The fourth-order valence-corrected chi connectivity index (χ4v) is 3.16. The quantitative estimate of drug-likeness (QED) is 0.823. The molecule has 1 saturated heterocycles. The number of piperazine rings is 1. The van der Waals surface area contributed by atoms with E-state index in [-0.39, 0.29) is 36.2 Å². The Morgan fingerprint density at radius 3 is 2.83 bits per heavy atom. The fraction of sp³-hybridized carbons (Fsp3) is 0.389. The minimum absolute atomic E-state index is 0.0937. The summed E-state index contributed by atoms with van der Waals surface area (Å²) < 4.78 is 24.6. The molecule has 0 radical (unpaired) electrons. The van der Waals surface area contributed by atoms with Crippen molar-refractivity contribution in [3.63, 3.8) is 0 Å². The van der Waals surface area contributed by atoms with Crippen molar-refractivity contribution in [1.29, 1.82) is 0 Å². The predicted molar refractivity (Wildman–Crippen MR) is 101 cm³/mol. The molecule has 2 aliphatic heterocycles. The van der Waals surface area contributed by atoms with Gasteiger partial charge in [-0.2, -0.15) is 0 Å². The number of fused-ring (bicyclic) bond motifs is 1. The number of hydrogen-bond acceptors (Lipinski definition) is 8. The van der Waals surface area contributed by atoms with E-state index in [0.29, 0.717) is 44.0 Å². The number of nitrogens with zero attached hydrogens (tertiary/aromatic N) is 5. The van der Waals surface area contributed by atoms with Crippen LogP contribution in [-0.2, 0) is 9.53 Å². The molecule has 0 aliphatic carbocycles. The lowest BCUT2D eigenvalue weighted by molar-refractivity contribution is -0.114. The molecule has 2 amide bonds. The number of halogens is 1. The van der Waals surface area contributed by atoms with Crippen LogP contribution in [0.3, 0.4) is 0 Å². The molecule has 152 valence electrons. The number of nitrogens with one attached hydrogen (secondary N) is 1. The van der Waals surface area contributed by atoms with Crippen molar-refractivity contribution in [2.45, 2.75) is 6.92 Å². The standard InChI is InChI=1S/C18H19FN6O4/c1-2-28-18(27)25-7-5-24(6-8-25)17-23-22-16(29-17)15-12-9-11(19)3-4-13(12)21-14(26)10-20-15/h3-4,9H,2,5-8,10H2,1H3,(H,21,26). The maximum Gasteiger partial charge on any atom is 0.409 e. The number of anilines is 2. The molecule has 2 aliphatic rings. The second-order valence-corrected chi connectivity index (χ2v) is 6.47. The summed E-state index contributed by atoms with van der Waals surface area (Å²) in [5.41, 5.74) is 1.05. The van der Waals surface area contributed by atoms with Gasteiger partial charge in [-0.25, -0.2) is 9.18 Å². The van der Waals surface area contributed by atoms with Gasteiger partial charge in [0.05, 0.1) is 12.3 Å². The van der Waals surface area contributed by atoms with Gasteiger partial charge in [-0.3, -0.25) is 9.79 Å². The summed E-state index contributed by atoms with van der Waals surface area (Å²) in [5.74, 6) is -0.693. The topological polar surface area (TPSA) is 113 Å². The van der Waals surface area contributed by atoms with E-state index in [9.17, 15) is 14.0 Å². The molecule has 0 saturated carbocycles. The molecule has 29 heavy (non-hydrogen) atoms. The van der Waals surface area contributed by atoms with E-state index < -0.39 is 5.82 Å². The van der Waals surface area contributed by atoms with Crippen LogP contribution in [0.1, 0.15) is 18.4 Å². The van der Waals surface area contributed by atoms with Gasteiger partial charge in [0.15, 0.2) is 0 Å². The molecule has 0 spiro atoms. The van der Waals surface area contributed by atoms with Gasteiger partial charge >= 0.3 is 12.1 Å². The van der Waals surface area contributed by atoms with Gasteiger partial charge in [0.2, 0.25) is 5.91 Å². The highest BCUT2D eigenvalue weighted by atomic mass is 19.1. The van der Waals surface area contributed by atoms with Crippen LogP contribution in [0.25, 0.3) is 0 Å². The molecule has 0 atom stereocenters. The van der Waals surface area contributed by atoms with E-state index in [1.165, 1.54) is 18.2 Å². The van der Waals surface area contributed by atoms with Crippen molar-refractivity contribution in [2.75, 3.05) is 49.5 Å². The van der Waals surface area contributed by atoms with Crippen LogP contribution in [0.15, 0.2) is 27.6 Å². The largest absolute Gasteiger partial charge is 0.450 e. The van der Waals surface area contributed by atoms with Crippen LogP contribution in [0, 0.1) is 5.82 Å². The Labute approximate surface area is 165 Å². The summed E-state index contributed by atoms with van der Waals surface area (Å²) in [7, 11) is 0. The lowest BCUT2D eigenvalue weighted by Gasteiger charge is -2.32. The number of hydrogen-bond donors (Lipinski definition) is 1. The summed E-state index contributed by atoms with van der Waals surface area (Å²) in [5, 5.41) is 10.8. The van der Waals surface area contributed by atoms with Crippen LogP contribution in [0.4, 0.5) is 20.9 Å². The molecule has 4 rings (SSSR count). The Morgan fingerprint density at radius 1 is 1.28 bits per heavy atom. The summed E-state index contributed by atoms with van der Waals surface area (Å²) in [6.07, 6.45) is -0.345. The Kier molecular flexibility index (Phi) is 5.10. The van der Waals surface area contributed by atoms with Crippen LogP contribution in [0.2, 0.25) is 0 Å². The SMILES string of the molecule is CCOC(=O)N1CCN(c2nnc(C3=NCC(=O)Nc4ccc(F)cc43)o2)CC1. The molecule has 1 fully saturated rings. The van der Waals surface area contributed by atoms with Crippen molar-refractivity contribution < 1.29 is 23.1 Å². The Hall–Kier alpha value is -3.50. The van der Waals surface area contributed by atoms with E-state index in [1.807, 2.05) is 4.90 Å². The number of benzodiazepines with no additional fused rings is 1. The fourth-order valence-electron chi connectivity index (χ4n) is 3.16. The number of aromatic nitrogens is 2. The third-order valence-electron chi connectivity index (χ3n) is 4.58. The van der Waals surface area contributed by atoms with E-state index in [1.54, 1.807) is 11.8 Å². The Morgan fingerprint density at radius 2 is 2.07 bits per heavy atom. The molecule has 10 nitrogen and oxygen atoms in total. The van der Waals surface area contributed by atoms with Crippen molar-refractivity contribution in [3.8, 4) is 0 Å². The lowest BCUT2D eigenvalue weighted by Crippen LogP contribution is -2.49. The number of aliphatic imine (C=N–C) groups is 1. The first kappa shape index (κ1) is 18.8. The molecule has 3 heterocycles. The van der Waals surface area contributed by atoms with E-state index in [4.69, 9.17) is 9.15 Å². The second kappa shape index (κ2) is 7.86. The zero-order chi connectivity index (χ0) is 20.4. The Bertz CT molecular complexity index is 967. The van der Waals surface area contributed by atoms with Gasteiger partial charge in [0.1, 0.15) is 18.1 Å². The second-order valence-electron chi connectivity index (χ2n) is 6.47. The minimum atomic E-state index is -0.470. The minimum Gasteiger partial charge on any atom is -0.450 e. The third-order valence-corrected chi connectivity index (χ3v) is 4.58. The van der Waals surface area contributed by atoms with Crippen molar-refractivity contribution in [1.82, 2.24) is 15.1 Å². The number of carbonyl (C=O) groups is 2. The van der Waals surface area contributed by atoms with Gasteiger partial charge in [0, 0.05) is 31.7 Å². The molecule has 0 bridgehead atoms. The first-order valence-electron chi connectivity index (χ1n) is 9.20. The van der Waals surface area contributed by atoms with Gasteiger partial charge in [0.25, 0.3) is 5.89 Å². The van der Waals surface area contributed by atoms with Gasteiger partial charge in [-0.05, 0) is 25.1 Å². The molecule has 2 aromatic rings. The average molecular weight is 402 g/mol. The number of amides is 2. The average Bonchev–Trinajstić information content (AvgIpc) is 3.14. The summed E-state index contributed by atoms with van der Waals surface area (Å²) in [4.78, 5) is 31.4. The normalized spacial score (nSPS) is 16.6. The van der Waals surface area contributed by atoms with E-state index in [0.717, 1.165) is 0 Å². The molecule has 1 aromatic carbocycles. The number of ether oxygens (including phenoxy) is 1. The zero-order valence-electron chi connectivity index (χ0n) is 15.7. The summed E-state index contributed by atoms with van der Waals surface area (Å²) in [6.45, 7) is 3.87. The highest BCUT2D eigenvalue weighted by Crippen LogP contribution is 2.25. The molecule has 1 aromatic heterocycles. The molecular formula is C18H19FN6O4. The molecular weight excluding hydrogens is 383 g/mol. The maximum absolute atomic E-state index is 13.8. The van der Waals surface area contributed by atoms with Gasteiger partial charge in [-0.15, -0.1) is 5.10 Å². The smallest absolute Gasteiger partial charge is 0.409 e. The number of carbonyl (C=O) groups excluding carboxylic acids is 2. The summed E-state index contributed by atoms with van der Waals surface area (Å²) in [6, 6.07) is 4.26. The first-order chi connectivity index (χ1) is 14.0. The van der Waals surface area contributed by atoms with E-state index in [2.05, 4.69) is 20.5 Å². The van der Waals surface area contributed by atoms with Crippen LogP contribution < -0.4 is 10.2 Å². The summed E-state index contributed by atoms with van der Waals surface area (Å²) >= 11 is 0. The van der Waals surface area contributed by atoms with Crippen molar-refractivity contribution in [3.05, 3.63) is 35.5 Å². The first-order valence-corrected chi connectivity index (χ1v) is 9.20.